The maximum absolute atomic E-state index is 2.42. The molecule has 0 spiro atoms. The minimum atomic E-state index is 1.08. The first-order valence-corrected chi connectivity index (χ1v) is 25.5. The zero-order valence-corrected chi connectivity index (χ0v) is 40.6. The number of rotatable bonds is 9. The summed E-state index contributed by atoms with van der Waals surface area (Å²) >= 11 is 0. The van der Waals surface area contributed by atoms with E-state index in [4.69, 9.17) is 0 Å². The van der Waals surface area contributed by atoms with E-state index >= 15 is 0 Å². The van der Waals surface area contributed by atoms with E-state index < -0.39 is 0 Å². The first-order chi connectivity index (χ1) is 36.7. The lowest BCUT2D eigenvalue weighted by Crippen LogP contribution is -2.10. The van der Waals surface area contributed by atoms with Crippen molar-refractivity contribution in [2.45, 2.75) is 0 Å². The van der Waals surface area contributed by atoms with Crippen molar-refractivity contribution in [3.63, 3.8) is 0 Å². The number of anilines is 3. The Morgan fingerprint density at radius 3 is 1.43 bits per heavy atom. The monoisotopic (exact) mass is 940 g/mol. The molecule has 14 aromatic rings. The molecule has 0 aliphatic carbocycles. The quantitative estimate of drug-likeness (QED) is 0.131. The topological polar surface area (TPSA) is 8.17 Å². The molecule has 74 heavy (non-hydrogen) atoms. The van der Waals surface area contributed by atoms with E-state index in [0.29, 0.717) is 0 Å². The van der Waals surface area contributed by atoms with E-state index in [1.54, 1.807) is 0 Å². The second-order valence-electron chi connectivity index (χ2n) is 19.2. The Bertz CT molecular complexity index is 4380. The van der Waals surface area contributed by atoms with Crippen LogP contribution < -0.4 is 4.90 Å². The summed E-state index contributed by atoms with van der Waals surface area (Å²) in [6.45, 7) is 0. The standard InChI is InChI=1S/C72H48N2/c1-4-19-52(20-5-1)71-66-31-13-12-29-63(66)64-44-38-56(48-68(64)72(71)53-21-6-2-7-22-53)54-24-16-27-60(46-54)73(59-42-36-51(37-43-59)62-32-17-23-50-18-10-11-28-61(50)62)58-40-34-49(35-41-58)55-39-45-70-67(47-55)65-30-14-15-33-69(65)74(70)57-25-8-3-9-26-57/h1-48H. The molecule has 0 unspecified atom stereocenters. The fourth-order valence-electron chi connectivity index (χ4n) is 11.5. The molecule has 0 amide bonds. The molecule has 0 radical (unpaired) electrons. The van der Waals surface area contributed by atoms with Crippen LogP contribution in [-0.2, 0) is 0 Å². The van der Waals surface area contributed by atoms with Crippen molar-refractivity contribution in [1.29, 1.82) is 0 Å². The van der Waals surface area contributed by atoms with Gasteiger partial charge >= 0.3 is 0 Å². The molecule has 1 aromatic heterocycles. The summed E-state index contributed by atoms with van der Waals surface area (Å²) in [6.07, 6.45) is 0. The average molecular weight is 941 g/mol. The van der Waals surface area contributed by atoms with Crippen molar-refractivity contribution in [2.24, 2.45) is 0 Å². The first-order valence-electron chi connectivity index (χ1n) is 25.5. The Morgan fingerprint density at radius 2 is 0.703 bits per heavy atom. The van der Waals surface area contributed by atoms with Crippen molar-refractivity contribution >= 4 is 71.2 Å². The lowest BCUT2D eigenvalue weighted by molar-refractivity contribution is 1.18. The highest BCUT2D eigenvalue weighted by Crippen LogP contribution is 2.47. The Balaban J connectivity index is 0.903. The van der Waals surface area contributed by atoms with Gasteiger partial charge in [0.05, 0.1) is 11.0 Å². The van der Waals surface area contributed by atoms with Crippen LogP contribution in [0.5, 0.6) is 0 Å². The van der Waals surface area contributed by atoms with Gasteiger partial charge in [-0.05, 0) is 161 Å². The van der Waals surface area contributed by atoms with Gasteiger partial charge in [0.1, 0.15) is 0 Å². The Hall–Kier alpha value is -9.76. The lowest BCUT2D eigenvalue weighted by atomic mass is 9.84. The fraction of sp³-hybridized carbons (Fsp3) is 0. The highest BCUT2D eigenvalue weighted by atomic mass is 15.1. The highest BCUT2D eigenvalue weighted by Gasteiger charge is 2.20. The molecule has 0 atom stereocenters. The summed E-state index contributed by atoms with van der Waals surface area (Å²) < 4.78 is 2.37. The second-order valence-corrected chi connectivity index (χ2v) is 19.2. The third-order valence-corrected chi connectivity index (χ3v) is 15.0. The van der Waals surface area contributed by atoms with Gasteiger partial charge in [0, 0.05) is 33.5 Å². The van der Waals surface area contributed by atoms with Crippen molar-refractivity contribution in [2.75, 3.05) is 4.90 Å². The van der Waals surface area contributed by atoms with Crippen LogP contribution in [0.1, 0.15) is 0 Å². The first kappa shape index (κ1) is 43.1. The summed E-state index contributed by atoms with van der Waals surface area (Å²) in [7, 11) is 0. The Labute approximate surface area is 430 Å². The van der Waals surface area contributed by atoms with E-state index in [0.717, 1.165) is 33.9 Å². The van der Waals surface area contributed by atoms with E-state index in [2.05, 4.69) is 301 Å². The number of nitrogens with zero attached hydrogens (tertiary/aromatic N) is 2. The van der Waals surface area contributed by atoms with Gasteiger partial charge in [-0.3, -0.25) is 0 Å². The molecule has 2 heteroatoms. The molecule has 0 fully saturated rings. The van der Waals surface area contributed by atoms with Crippen LogP contribution >= 0.6 is 0 Å². The largest absolute Gasteiger partial charge is 0.310 e. The van der Waals surface area contributed by atoms with Crippen LogP contribution in [0, 0.1) is 0 Å². The van der Waals surface area contributed by atoms with Gasteiger partial charge in [-0.2, -0.15) is 0 Å². The molecule has 0 bridgehead atoms. The predicted octanol–water partition coefficient (Wildman–Crippen LogP) is 20.0. The molecule has 2 nitrogen and oxygen atoms in total. The van der Waals surface area contributed by atoms with E-state index in [1.807, 2.05) is 0 Å². The Kier molecular flexibility index (Phi) is 10.6. The predicted molar refractivity (Wildman–Crippen MR) is 315 cm³/mol. The molecule has 0 aliphatic rings. The van der Waals surface area contributed by atoms with Gasteiger partial charge in [0.2, 0.25) is 0 Å². The number of hydrogen-bond acceptors (Lipinski definition) is 1. The van der Waals surface area contributed by atoms with Crippen molar-refractivity contribution in [3.05, 3.63) is 291 Å². The normalized spacial score (nSPS) is 11.5. The molecule has 0 aliphatic heterocycles. The average Bonchev–Trinajstić information content (AvgIpc) is 3.82. The third-order valence-electron chi connectivity index (χ3n) is 15.0. The summed E-state index contributed by atoms with van der Waals surface area (Å²) in [5, 5.41) is 9.96. The van der Waals surface area contributed by atoms with Crippen LogP contribution in [0.25, 0.3) is 115 Å². The summed E-state index contributed by atoms with van der Waals surface area (Å²) in [5.74, 6) is 0. The van der Waals surface area contributed by atoms with Crippen LogP contribution in [0.3, 0.4) is 0 Å². The number of fused-ring (bicyclic) bond motifs is 7. The molecule has 13 aromatic carbocycles. The van der Waals surface area contributed by atoms with E-state index in [9.17, 15) is 0 Å². The van der Waals surface area contributed by atoms with E-state index in [-0.39, 0.29) is 0 Å². The number of para-hydroxylation sites is 2. The van der Waals surface area contributed by atoms with Crippen LogP contribution in [0.15, 0.2) is 291 Å². The summed E-state index contributed by atoms with van der Waals surface area (Å²) in [6, 6.07) is 106. The Morgan fingerprint density at radius 1 is 0.230 bits per heavy atom. The molecule has 0 N–H and O–H groups in total. The van der Waals surface area contributed by atoms with Crippen LogP contribution in [0.2, 0.25) is 0 Å². The van der Waals surface area contributed by atoms with Gasteiger partial charge in [-0.25, -0.2) is 0 Å². The minimum absolute atomic E-state index is 1.08. The SMILES string of the molecule is c1ccc(-c2c(-c3ccccc3)c3cc(-c4cccc(N(c5ccc(-c6ccc7c(c6)c6ccccc6n7-c6ccccc6)cc5)c5ccc(-c6cccc7ccccc67)cc5)c4)ccc3c3ccccc23)cc1. The zero-order valence-electron chi connectivity index (χ0n) is 40.6. The molecular formula is C72H48N2. The maximum Gasteiger partial charge on any atom is 0.0541 e. The van der Waals surface area contributed by atoms with E-state index in [1.165, 1.54) is 98.6 Å². The van der Waals surface area contributed by atoms with Crippen LogP contribution in [-0.4, -0.2) is 4.57 Å². The smallest absolute Gasteiger partial charge is 0.0541 e. The number of hydrogen-bond donors (Lipinski definition) is 0. The third kappa shape index (κ3) is 7.43. The zero-order chi connectivity index (χ0) is 49.0. The lowest BCUT2D eigenvalue weighted by Gasteiger charge is -2.26. The number of aromatic nitrogens is 1. The molecule has 346 valence electrons. The van der Waals surface area contributed by atoms with Crippen molar-refractivity contribution < 1.29 is 0 Å². The molecule has 0 saturated heterocycles. The fourth-order valence-corrected chi connectivity index (χ4v) is 11.5. The summed E-state index contributed by atoms with van der Waals surface area (Å²) in [4.78, 5) is 2.40. The van der Waals surface area contributed by atoms with Gasteiger partial charge in [-0.15, -0.1) is 0 Å². The molecule has 1 heterocycles. The maximum atomic E-state index is 2.42. The van der Waals surface area contributed by atoms with Crippen LogP contribution in [0.4, 0.5) is 17.1 Å². The molecular weight excluding hydrogens is 893 g/mol. The van der Waals surface area contributed by atoms with Crippen molar-refractivity contribution in [3.8, 4) is 61.3 Å². The minimum Gasteiger partial charge on any atom is -0.310 e. The summed E-state index contributed by atoms with van der Waals surface area (Å²) in [5.41, 5.74) is 18.8. The number of benzene rings is 13. The van der Waals surface area contributed by atoms with Gasteiger partial charge < -0.3 is 9.47 Å². The highest BCUT2D eigenvalue weighted by molar-refractivity contribution is 6.22. The van der Waals surface area contributed by atoms with Gasteiger partial charge in [0.25, 0.3) is 0 Å². The van der Waals surface area contributed by atoms with Gasteiger partial charge in [-0.1, -0.05) is 218 Å². The molecule has 0 saturated carbocycles. The van der Waals surface area contributed by atoms with Crippen molar-refractivity contribution in [1.82, 2.24) is 4.57 Å². The molecule has 14 rings (SSSR count). The second kappa shape index (κ2) is 18.1. The van der Waals surface area contributed by atoms with Gasteiger partial charge in [0.15, 0.2) is 0 Å².